The first-order chi connectivity index (χ1) is 14.5. The van der Waals surface area contributed by atoms with Crippen molar-refractivity contribution in [3.8, 4) is 5.75 Å². The van der Waals surface area contributed by atoms with E-state index in [1.54, 1.807) is 22.6 Å². The molecule has 1 saturated heterocycles. The Bertz CT molecular complexity index is 1110. The lowest BCUT2D eigenvalue weighted by Crippen LogP contribution is -2.30. The second-order valence-electron chi connectivity index (χ2n) is 7.33. The highest BCUT2D eigenvalue weighted by Gasteiger charge is 2.31. The number of halogens is 1. The van der Waals surface area contributed by atoms with Crippen LogP contribution < -0.4 is 15.0 Å². The quantitative estimate of drug-likeness (QED) is 0.674. The first-order valence-corrected chi connectivity index (χ1v) is 10.1. The Hall–Kier alpha value is -3.35. The van der Waals surface area contributed by atoms with Crippen molar-refractivity contribution in [2.75, 3.05) is 18.1 Å². The van der Waals surface area contributed by atoms with Gasteiger partial charge in [0.1, 0.15) is 17.3 Å². The van der Waals surface area contributed by atoms with Gasteiger partial charge in [-0.15, -0.1) is 0 Å². The average molecular weight is 409 g/mol. The number of benzene rings is 2. The number of nitrogens with one attached hydrogen (secondary N) is 1. The molecular weight excluding hydrogens is 385 g/mol. The minimum atomic E-state index is -0.401. The normalized spacial score (nSPS) is 13.8. The number of hydrogen-bond donors (Lipinski definition) is 1. The molecule has 0 unspecified atom stereocenters. The lowest BCUT2D eigenvalue weighted by molar-refractivity contribution is -0.117. The van der Waals surface area contributed by atoms with Crippen molar-refractivity contribution in [2.45, 2.75) is 26.3 Å². The third-order valence-corrected chi connectivity index (χ3v) is 5.38. The third kappa shape index (κ3) is 3.63. The van der Waals surface area contributed by atoms with Gasteiger partial charge in [0.15, 0.2) is 0 Å². The number of ether oxygens (including phenoxy) is 1. The SMILES string of the molecule is CCOc1ccc(CNC(=O)c2c(N3CCCC3=O)c3cc(F)ccc3n2C)cc1. The first-order valence-electron chi connectivity index (χ1n) is 10.1. The van der Waals surface area contributed by atoms with Crippen LogP contribution >= 0.6 is 0 Å². The third-order valence-electron chi connectivity index (χ3n) is 5.38. The summed E-state index contributed by atoms with van der Waals surface area (Å²) in [6, 6.07) is 11.9. The predicted molar refractivity (Wildman–Crippen MR) is 113 cm³/mol. The number of nitrogens with zero attached hydrogens (tertiary/aromatic N) is 2. The van der Waals surface area contributed by atoms with E-state index < -0.39 is 5.82 Å². The van der Waals surface area contributed by atoms with Crippen molar-refractivity contribution in [3.05, 3.63) is 59.5 Å². The topological polar surface area (TPSA) is 63.6 Å². The molecule has 1 aliphatic rings. The summed E-state index contributed by atoms with van der Waals surface area (Å²) in [7, 11) is 1.76. The summed E-state index contributed by atoms with van der Waals surface area (Å²) in [5.74, 6) is 0.0190. The van der Waals surface area contributed by atoms with Crippen molar-refractivity contribution in [2.24, 2.45) is 7.05 Å². The van der Waals surface area contributed by atoms with Crippen molar-refractivity contribution < 1.29 is 18.7 Å². The summed E-state index contributed by atoms with van der Waals surface area (Å²) in [6.45, 7) is 3.37. The fourth-order valence-electron chi connectivity index (χ4n) is 3.95. The summed E-state index contributed by atoms with van der Waals surface area (Å²) in [6.07, 6.45) is 1.15. The second-order valence-corrected chi connectivity index (χ2v) is 7.33. The molecule has 0 radical (unpaired) electrons. The van der Waals surface area contributed by atoms with Gasteiger partial charge in [-0.3, -0.25) is 9.59 Å². The number of fused-ring (bicyclic) bond motifs is 1. The molecule has 30 heavy (non-hydrogen) atoms. The molecule has 3 aromatic rings. The maximum atomic E-state index is 14.0. The molecule has 4 rings (SSSR count). The fraction of sp³-hybridized carbons (Fsp3) is 0.304. The van der Waals surface area contributed by atoms with Gasteiger partial charge in [-0.25, -0.2) is 4.39 Å². The molecule has 1 aromatic heterocycles. The lowest BCUT2D eigenvalue weighted by Gasteiger charge is -2.18. The van der Waals surface area contributed by atoms with Crippen molar-refractivity contribution in [1.82, 2.24) is 9.88 Å². The summed E-state index contributed by atoms with van der Waals surface area (Å²) < 4.78 is 21.1. The summed E-state index contributed by atoms with van der Waals surface area (Å²) in [5.41, 5.74) is 2.48. The Balaban J connectivity index is 1.66. The average Bonchev–Trinajstić information content (AvgIpc) is 3.27. The fourth-order valence-corrected chi connectivity index (χ4v) is 3.95. The smallest absolute Gasteiger partial charge is 0.270 e. The van der Waals surface area contributed by atoms with E-state index in [9.17, 15) is 14.0 Å². The molecule has 1 N–H and O–H groups in total. The number of aryl methyl sites for hydroxylation is 1. The van der Waals surface area contributed by atoms with Crippen LogP contribution in [0.3, 0.4) is 0 Å². The minimum absolute atomic E-state index is 0.0488. The van der Waals surface area contributed by atoms with Gasteiger partial charge >= 0.3 is 0 Å². The zero-order valence-electron chi connectivity index (χ0n) is 17.1. The minimum Gasteiger partial charge on any atom is -0.494 e. The number of carbonyl (C=O) groups excluding carboxylic acids is 2. The molecule has 0 aliphatic carbocycles. The van der Waals surface area contributed by atoms with Gasteiger partial charge in [-0.05, 0) is 49.2 Å². The van der Waals surface area contributed by atoms with E-state index in [2.05, 4.69) is 5.32 Å². The van der Waals surface area contributed by atoms with E-state index in [0.717, 1.165) is 17.7 Å². The summed E-state index contributed by atoms with van der Waals surface area (Å²) >= 11 is 0. The van der Waals surface area contributed by atoms with E-state index >= 15 is 0 Å². The van der Waals surface area contributed by atoms with E-state index in [1.807, 2.05) is 31.2 Å². The van der Waals surface area contributed by atoms with Crippen LogP contribution in [0.5, 0.6) is 5.75 Å². The predicted octanol–water partition coefficient (Wildman–Crippen LogP) is 3.77. The van der Waals surface area contributed by atoms with Crippen LogP contribution in [0.25, 0.3) is 10.9 Å². The molecule has 7 heteroatoms. The number of anilines is 1. The maximum Gasteiger partial charge on any atom is 0.270 e. The maximum absolute atomic E-state index is 14.0. The zero-order chi connectivity index (χ0) is 21.3. The molecule has 0 bridgehead atoms. The number of rotatable bonds is 6. The molecule has 2 heterocycles. The monoisotopic (exact) mass is 409 g/mol. The van der Waals surface area contributed by atoms with E-state index in [1.165, 1.54) is 12.1 Å². The molecular formula is C23H24FN3O3. The molecule has 1 fully saturated rings. The Labute approximate surface area is 174 Å². The van der Waals surface area contributed by atoms with Gasteiger partial charge in [0.25, 0.3) is 5.91 Å². The molecule has 2 amide bonds. The molecule has 1 aliphatic heterocycles. The van der Waals surface area contributed by atoms with Crippen molar-refractivity contribution in [1.29, 1.82) is 0 Å². The number of aromatic nitrogens is 1. The Kier molecular flexibility index (Phi) is 5.44. The van der Waals surface area contributed by atoms with Crippen LogP contribution in [0.4, 0.5) is 10.1 Å². The highest BCUT2D eigenvalue weighted by molar-refractivity contribution is 6.14. The van der Waals surface area contributed by atoms with E-state index in [0.29, 0.717) is 48.4 Å². The highest BCUT2D eigenvalue weighted by Crippen LogP contribution is 2.36. The van der Waals surface area contributed by atoms with Gasteiger partial charge in [-0.1, -0.05) is 12.1 Å². The van der Waals surface area contributed by atoms with Gasteiger partial charge in [0.2, 0.25) is 5.91 Å². The van der Waals surface area contributed by atoms with Crippen LogP contribution in [-0.4, -0.2) is 29.5 Å². The van der Waals surface area contributed by atoms with E-state index in [-0.39, 0.29) is 11.8 Å². The Morgan fingerprint density at radius 3 is 2.63 bits per heavy atom. The standard InChI is InChI=1S/C23H24FN3O3/c1-3-30-17-9-6-15(7-10-17)14-25-23(29)22-21(27-12-4-5-20(27)28)18-13-16(24)8-11-19(18)26(22)2/h6-11,13H,3-5,12,14H2,1-2H3,(H,25,29). The molecule has 6 nitrogen and oxygen atoms in total. The number of carbonyl (C=O) groups is 2. The van der Waals surface area contributed by atoms with Gasteiger partial charge in [0.05, 0.1) is 17.8 Å². The molecule has 2 aromatic carbocycles. The van der Waals surface area contributed by atoms with Crippen LogP contribution in [0, 0.1) is 5.82 Å². The van der Waals surface area contributed by atoms with Gasteiger partial charge < -0.3 is 19.5 Å². The van der Waals surface area contributed by atoms with Crippen molar-refractivity contribution in [3.63, 3.8) is 0 Å². The van der Waals surface area contributed by atoms with Crippen LogP contribution in [0.2, 0.25) is 0 Å². The second kappa shape index (κ2) is 8.18. The van der Waals surface area contributed by atoms with Crippen LogP contribution in [-0.2, 0) is 18.4 Å². The van der Waals surface area contributed by atoms with Gasteiger partial charge in [-0.2, -0.15) is 0 Å². The molecule has 0 atom stereocenters. The van der Waals surface area contributed by atoms with Crippen molar-refractivity contribution >= 4 is 28.4 Å². The Morgan fingerprint density at radius 1 is 1.20 bits per heavy atom. The van der Waals surface area contributed by atoms with Crippen LogP contribution in [0.15, 0.2) is 42.5 Å². The summed E-state index contributed by atoms with van der Waals surface area (Å²) in [4.78, 5) is 27.2. The summed E-state index contributed by atoms with van der Waals surface area (Å²) in [5, 5.41) is 3.50. The molecule has 156 valence electrons. The number of amides is 2. The van der Waals surface area contributed by atoms with Crippen LogP contribution in [0.1, 0.15) is 35.8 Å². The highest BCUT2D eigenvalue weighted by atomic mass is 19.1. The lowest BCUT2D eigenvalue weighted by atomic mass is 10.2. The Morgan fingerprint density at radius 2 is 1.97 bits per heavy atom. The molecule has 0 saturated carbocycles. The molecule has 0 spiro atoms. The van der Waals surface area contributed by atoms with E-state index in [4.69, 9.17) is 4.74 Å². The van der Waals surface area contributed by atoms with Gasteiger partial charge in [0, 0.05) is 31.9 Å². The largest absolute Gasteiger partial charge is 0.494 e. The first kappa shape index (κ1) is 19.9. The number of hydrogen-bond acceptors (Lipinski definition) is 3. The zero-order valence-corrected chi connectivity index (χ0v) is 17.1.